The van der Waals surface area contributed by atoms with Gasteiger partial charge in [0.25, 0.3) is 0 Å². The molecule has 1 heterocycles. The van der Waals surface area contributed by atoms with Gasteiger partial charge in [-0.1, -0.05) is 0 Å². The van der Waals surface area contributed by atoms with E-state index in [1.165, 1.54) is 30.6 Å². The lowest BCUT2D eigenvalue weighted by molar-refractivity contribution is 0.186. The van der Waals surface area contributed by atoms with Crippen LogP contribution < -0.4 is 10.5 Å². The number of aliphatic hydroxyl groups is 1. The van der Waals surface area contributed by atoms with E-state index in [1.807, 2.05) is 0 Å². The van der Waals surface area contributed by atoms with E-state index < -0.39 is 6.10 Å². The molecule has 2 aromatic rings. The predicted molar refractivity (Wildman–Crippen MR) is 68.1 cm³/mol. The third kappa shape index (κ3) is 2.50. The number of thiazole rings is 1. The van der Waals surface area contributed by atoms with Gasteiger partial charge in [0.1, 0.15) is 22.7 Å². The highest BCUT2D eigenvalue weighted by Crippen LogP contribution is 2.32. The number of methoxy groups -OCH3 is 1. The SMILES string of the molecule is COc1ccc(F)cc1-c1csc(C(O)CN)n1. The molecule has 0 aliphatic carbocycles. The molecule has 0 radical (unpaired) electrons. The maximum absolute atomic E-state index is 13.3. The molecular weight excluding hydrogens is 255 g/mol. The van der Waals surface area contributed by atoms with Crippen LogP contribution in [-0.4, -0.2) is 23.7 Å². The summed E-state index contributed by atoms with van der Waals surface area (Å²) in [7, 11) is 1.51. The normalized spacial score (nSPS) is 12.4. The fourth-order valence-corrected chi connectivity index (χ4v) is 2.36. The number of aromatic nitrogens is 1. The second kappa shape index (κ2) is 5.43. The molecule has 0 spiro atoms. The quantitative estimate of drug-likeness (QED) is 0.889. The first kappa shape index (κ1) is 12.9. The topological polar surface area (TPSA) is 68.4 Å². The van der Waals surface area contributed by atoms with E-state index >= 15 is 0 Å². The molecule has 6 heteroatoms. The highest BCUT2D eigenvalue weighted by Gasteiger charge is 2.14. The Labute approximate surface area is 108 Å². The average molecular weight is 268 g/mol. The van der Waals surface area contributed by atoms with Crippen molar-refractivity contribution in [2.24, 2.45) is 5.73 Å². The summed E-state index contributed by atoms with van der Waals surface area (Å²) in [5.74, 6) is 0.176. The largest absolute Gasteiger partial charge is 0.496 e. The van der Waals surface area contributed by atoms with Crippen molar-refractivity contribution in [1.29, 1.82) is 0 Å². The minimum atomic E-state index is -0.789. The number of aliphatic hydroxyl groups excluding tert-OH is 1. The third-order valence-electron chi connectivity index (χ3n) is 2.47. The first-order valence-electron chi connectivity index (χ1n) is 5.33. The van der Waals surface area contributed by atoms with Crippen LogP contribution in [0.25, 0.3) is 11.3 Å². The Bertz CT molecular complexity index is 545. The molecule has 0 amide bonds. The zero-order chi connectivity index (χ0) is 13.1. The van der Waals surface area contributed by atoms with Gasteiger partial charge < -0.3 is 15.6 Å². The zero-order valence-corrected chi connectivity index (χ0v) is 10.6. The lowest BCUT2D eigenvalue weighted by Gasteiger charge is -2.06. The van der Waals surface area contributed by atoms with Crippen molar-refractivity contribution in [3.05, 3.63) is 34.4 Å². The lowest BCUT2D eigenvalue weighted by Crippen LogP contribution is -2.11. The molecule has 0 aliphatic heterocycles. The van der Waals surface area contributed by atoms with Crippen LogP contribution in [0, 0.1) is 5.82 Å². The van der Waals surface area contributed by atoms with Crippen LogP contribution in [0.2, 0.25) is 0 Å². The molecular formula is C12H13FN2O2S. The van der Waals surface area contributed by atoms with Gasteiger partial charge in [0.2, 0.25) is 0 Å². The summed E-state index contributed by atoms with van der Waals surface area (Å²) >= 11 is 1.28. The molecule has 0 fully saturated rings. The first-order chi connectivity index (χ1) is 8.65. The summed E-state index contributed by atoms with van der Waals surface area (Å²) in [5.41, 5.74) is 6.49. The summed E-state index contributed by atoms with van der Waals surface area (Å²) < 4.78 is 18.4. The van der Waals surface area contributed by atoms with Gasteiger partial charge in [-0.05, 0) is 18.2 Å². The van der Waals surface area contributed by atoms with Crippen molar-refractivity contribution in [2.45, 2.75) is 6.10 Å². The highest BCUT2D eigenvalue weighted by atomic mass is 32.1. The summed E-state index contributed by atoms with van der Waals surface area (Å²) in [4.78, 5) is 4.24. The number of nitrogens with two attached hydrogens (primary N) is 1. The predicted octanol–water partition coefficient (Wildman–Crippen LogP) is 1.95. The number of ether oxygens (including phenoxy) is 1. The number of hydrogen-bond donors (Lipinski definition) is 2. The second-order valence-electron chi connectivity index (χ2n) is 3.67. The van der Waals surface area contributed by atoms with Crippen LogP contribution in [0.1, 0.15) is 11.1 Å². The molecule has 1 atom stereocenters. The molecule has 0 aliphatic rings. The Hall–Kier alpha value is -1.50. The Morgan fingerprint density at radius 2 is 2.33 bits per heavy atom. The average Bonchev–Trinajstić information content (AvgIpc) is 2.87. The number of benzene rings is 1. The van der Waals surface area contributed by atoms with Crippen LogP contribution in [-0.2, 0) is 0 Å². The molecule has 3 N–H and O–H groups in total. The standard InChI is InChI=1S/C12H13FN2O2S/c1-17-11-3-2-7(13)4-8(11)9-6-18-12(15-9)10(16)5-14/h2-4,6,10,16H,5,14H2,1H3. The smallest absolute Gasteiger partial charge is 0.128 e. The van der Waals surface area contributed by atoms with Gasteiger partial charge >= 0.3 is 0 Å². The Balaban J connectivity index is 2.42. The number of halogens is 1. The van der Waals surface area contributed by atoms with Gasteiger partial charge in [-0.15, -0.1) is 11.3 Å². The minimum absolute atomic E-state index is 0.104. The number of hydrogen-bond acceptors (Lipinski definition) is 5. The van der Waals surface area contributed by atoms with E-state index in [1.54, 1.807) is 11.4 Å². The van der Waals surface area contributed by atoms with E-state index in [9.17, 15) is 9.50 Å². The lowest BCUT2D eigenvalue weighted by atomic mass is 10.1. The molecule has 0 saturated heterocycles. The first-order valence-corrected chi connectivity index (χ1v) is 6.21. The summed E-state index contributed by atoms with van der Waals surface area (Å²) in [6.07, 6.45) is -0.789. The number of rotatable bonds is 4. The zero-order valence-electron chi connectivity index (χ0n) is 9.76. The van der Waals surface area contributed by atoms with Gasteiger partial charge in [-0.25, -0.2) is 9.37 Å². The van der Waals surface area contributed by atoms with Gasteiger partial charge in [-0.2, -0.15) is 0 Å². The van der Waals surface area contributed by atoms with Crippen molar-refractivity contribution in [3.8, 4) is 17.0 Å². The summed E-state index contributed by atoms with van der Waals surface area (Å²) in [6.45, 7) is 0.104. The molecule has 1 aromatic carbocycles. The Morgan fingerprint density at radius 3 is 3.00 bits per heavy atom. The summed E-state index contributed by atoms with van der Waals surface area (Å²) in [5, 5.41) is 11.8. The minimum Gasteiger partial charge on any atom is -0.496 e. The molecule has 1 unspecified atom stereocenters. The van der Waals surface area contributed by atoms with Gasteiger partial charge in [0.15, 0.2) is 0 Å². The maximum atomic E-state index is 13.3. The van der Waals surface area contributed by atoms with E-state index in [-0.39, 0.29) is 12.4 Å². The van der Waals surface area contributed by atoms with Crippen molar-refractivity contribution in [1.82, 2.24) is 4.98 Å². The fourth-order valence-electron chi connectivity index (χ4n) is 1.55. The third-order valence-corrected chi connectivity index (χ3v) is 3.41. The van der Waals surface area contributed by atoms with Crippen molar-refractivity contribution in [3.63, 3.8) is 0 Å². The van der Waals surface area contributed by atoms with Gasteiger partial charge in [-0.3, -0.25) is 0 Å². The van der Waals surface area contributed by atoms with Crippen LogP contribution in [0.3, 0.4) is 0 Å². The molecule has 0 bridgehead atoms. The van der Waals surface area contributed by atoms with Crippen LogP contribution >= 0.6 is 11.3 Å². The molecule has 96 valence electrons. The molecule has 2 rings (SSSR count). The Kier molecular flexibility index (Phi) is 3.90. The van der Waals surface area contributed by atoms with Crippen LogP contribution in [0.5, 0.6) is 5.75 Å². The van der Waals surface area contributed by atoms with Crippen molar-refractivity contribution < 1.29 is 14.2 Å². The summed E-state index contributed by atoms with van der Waals surface area (Å²) in [6, 6.07) is 4.22. The van der Waals surface area contributed by atoms with E-state index in [4.69, 9.17) is 10.5 Å². The highest BCUT2D eigenvalue weighted by molar-refractivity contribution is 7.10. The maximum Gasteiger partial charge on any atom is 0.128 e. The fraction of sp³-hybridized carbons (Fsp3) is 0.250. The molecule has 4 nitrogen and oxygen atoms in total. The van der Waals surface area contributed by atoms with Crippen LogP contribution in [0.4, 0.5) is 4.39 Å². The van der Waals surface area contributed by atoms with E-state index in [0.29, 0.717) is 22.0 Å². The van der Waals surface area contributed by atoms with Crippen molar-refractivity contribution in [2.75, 3.05) is 13.7 Å². The van der Waals surface area contributed by atoms with E-state index in [2.05, 4.69) is 4.98 Å². The second-order valence-corrected chi connectivity index (χ2v) is 4.56. The molecule has 18 heavy (non-hydrogen) atoms. The van der Waals surface area contributed by atoms with E-state index in [0.717, 1.165) is 0 Å². The number of nitrogens with zero attached hydrogens (tertiary/aromatic N) is 1. The monoisotopic (exact) mass is 268 g/mol. The molecule has 0 saturated carbocycles. The van der Waals surface area contributed by atoms with Gasteiger partial charge in [0.05, 0.1) is 12.8 Å². The van der Waals surface area contributed by atoms with Crippen molar-refractivity contribution >= 4 is 11.3 Å². The Morgan fingerprint density at radius 1 is 1.56 bits per heavy atom. The van der Waals surface area contributed by atoms with Crippen LogP contribution in [0.15, 0.2) is 23.6 Å². The molecule has 1 aromatic heterocycles. The van der Waals surface area contributed by atoms with Gasteiger partial charge in [0, 0.05) is 17.5 Å².